The molecule has 0 rings (SSSR count). The first-order valence-corrected chi connectivity index (χ1v) is 2.84. The van der Waals surface area contributed by atoms with Crippen molar-refractivity contribution in [3.63, 3.8) is 0 Å². The molecule has 0 radical (unpaired) electrons. The number of aldehydes is 1. The van der Waals surface area contributed by atoms with Crippen LogP contribution in [0.25, 0.3) is 0 Å². The van der Waals surface area contributed by atoms with E-state index in [-0.39, 0.29) is 5.92 Å². The number of hydrogen-bond donors (Lipinski definition) is 0. The molecule has 0 aromatic carbocycles. The SMILES string of the molecule is CCOC[C@H](C)C=O. The second-order valence-electron chi connectivity index (χ2n) is 1.77. The molecule has 0 saturated heterocycles. The molecule has 0 aromatic heterocycles. The van der Waals surface area contributed by atoms with Gasteiger partial charge in [-0.3, -0.25) is 0 Å². The van der Waals surface area contributed by atoms with Crippen LogP contribution < -0.4 is 0 Å². The van der Waals surface area contributed by atoms with E-state index in [0.717, 1.165) is 6.29 Å². The molecule has 0 saturated carbocycles. The number of hydrogen-bond acceptors (Lipinski definition) is 2. The van der Waals surface area contributed by atoms with Crippen LogP contribution in [-0.2, 0) is 9.53 Å². The van der Waals surface area contributed by atoms with Gasteiger partial charge in [0.15, 0.2) is 0 Å². The summed E-state index contributed by atoms with van der Waals surface area (Å²) in [6, 6.07) is 0. The monoisotopic (exact) mass is 116 g/mol. The second kappa shape index (κ2) is 4.78. The Morgan fingerprint density at radius 1 is 1.75 bits per heavy atom. The Kier molecular flexibility index (Phi) is 4.56. The third kappa shape index (κ3) is 3.81. The van der Waals surface area contributed by atoms with E-state index in [1.165, 1.54) is 0 Å². The molecule has 1 atom stereocenters. The lowest BCUT2D eigenvalue weighted by atomic mass is 10.2. The summed E-state index contributed by atoms with van der Waals surface area (Å²) in [6.45, 7) is 5.00. The van der Waals surface area contributed by atoms with Crippen LogP contribution in [0.4, 0.5) is 0 Å². The normalized spacial score (nSPS) is 13.2. The van der Waals surface area contributed by atoms with E-state index in [4.69, 9.17) is 4.74 Å². The molecule has 0 bridgehead atoms. The lowest BCUT2D eigenvalue weighted by Crippen LogP contribution is -2.05. The molecule has 2 heteroatoms. The van der Waals surface area contributed by atoms with Crippen LogP contribution >= 0.6 is 0 Å². The fraction of sp³-hybridized carbons (Fsp3) is 0.833. The maximum atomic E-state index is 9.93. The molecule has 0 aliphatic rings. The zero-order chi connectivity index (χ0) is 6.41. The van der Waals surface area contributed by atoms with Crippen molar-refractivity contribution in [3.05, 3.63) is 0 Å². The summed E-state index contributed by atoms with van der Waals surface area (Å²) < 4.78 is 4.95. The maximum Gasteiger partial charge on any atom is 0.125 e. The number of rotatable bonds is 4. The lowest BCUT2D eigenvalue weighted by molar-refractivity contribution is -0.112. The van der Waals surface area contributed by atoms with Crippen molar-refractivity contribution in [2.45, 2.75) is 13.8 Å². The first kappa shape index (κ1) is 7.63. The van der Waals surface area contributed by atoms with Gasteiger partial charge in [0, 0.05) is 12.5 Å². The Balaban J connectivity index is 2.98. The molecule has 0 aromatic rings. The lowest BCUT2D eigenvalue weighted by Gasteiger charge is -2.00. The minimum absolute atomic E-state index is 0.0509. The van der Waals surface area contributed by atoms with Gasteiger partial charge in [-0.1, -0.05) is 6.92 Å². The van der Waals surface area contributed by atoms with Gasteiger partial charge in [-0.05, 0) is 6.92 Å². The smallest absolute Gasteiger partial charge is 0.125 e. The van der Waals surface area contributed by atoms with Crippen molar-refractivity contribution < 1.29 is 9.53 Å². The molecule has 0 spiro atoms. The third-order valence-corrected chi connectivity index (χ3v) is 0.817. The van der Waals surface area contributed by atoms with Crippen molar-refractivity contribution in [2.24, 2.45) is 5.92 Å². The largest absolute Gasteiger partial charge is 0.381 e. The highest BCUT2D eigenvalue weighted by atomic mass is 16.5. The first-order chi connectivity index (χ1) is 3.81. The van der Waals surface area contributed by atoms with Crippen LogP contribution in [0, 0.1) is 5.92 Å². The predicted octanol–water partition coefficient (Wildman–Crippen LogP) is 0.858. The second-order valence-corrected chi connectivity index (χ2v) is 1.77. The minimum Gasteiger partial charge on any atom is -0.381 e. The molecule has 8 heavy (non-hydrogen) atoms. The van der Waals surface area contributed by atoms with Crippen molar-refractivity contribution in [3.8, 4) is 0 Å². The molecule has 0 unspecified atom stereocenters. The fourth-order valence-electron chi connectivity index (χ4n) is 0.343. The van der Waals surface area contributed by atoms with E-state index in [9.17, 15) is 4.79 Å². The highest BCUT2D eigenvalue weighted by Crippen LogP contribution is 1.88. The van der Waals surface area contributed by atoms with Crippen molar-refractivity contribution in [1.29, 1.82) is 0 Å². The fourth-order valence-corrected chi connectivity index (χ4v) is 0.343. The molecule has 0 N–H and O–H groups in total. The van der Waals surface area contributed by atoms with Crippen LogP contribution in [0.1, 0.15) is 13.8 Å². The van der Waals surface area contributed by atoms with Crippen LogP contribution in [0.3, 0.4) is 0 Å². The Morgan fingerprint density at radius 3 is 2.75 bits per heavy atom. The van der Waals surface area contributed by atoms with Gasteiger partial charge >= 0.3 is 0 Å². The van der Waals surface area contributed by atoms with Crippen LogP contribution in [0.5, 0.6) is 0 Å². The van der Waals surface area contributed by atoms with Crippen LogP contribution in [0.15, 0.2) is 0 Å². The van der Waals surface area contributed by atoms with Crippen molar-refractivity contribution in [2.75, 3.05) is 13.2 Å². The Labute approximate surface area is 49.8 Å². The number of carbonyl (C=O) groups excluding carboxylic acids is 1. The summed E-state index contributed by atoms with van der Waals surface area (Å²) >= 11 is 0. The van der Waals surface area contributed by atoms with Crippen molar-refractivity contribution in [1.82, 2.24) is 0 Å². The molecule has 0 aliphatic carbocycles. The maximum absolute atomic E-state index is 9.93. The van der Waals surface area contributed by atoms with E-state index in [1.54, 1.807) is 0 Å². The van der Waals surface area contributed by atoms with Gasteiger partial charge in [-0.2, -0.15) is 0 Å². The summed E-state index contributed by atoms with van der Waals surface area (Å²) in [4.78, 5) is 9.93. The average molecular weight is 116 g/mol. The highest BCUT2D eigenvalue weighted by Gasteiger charge is 1.95. The van der Waals surface area contributed by atoms with Gasteiger partial charge in [0.1, 0.15) is 6.29 Å². The van der Waals surface area contributed by atoms with E-state index in [0.29, 0.717) is 13.2 Å². The Hall–Kier alpha value is -0.370. The summed E-state index contributed by atoms with van der Waals surface area (Å²) in [5.74, 6) is 0.0509. The van der Waals surface area contributed by atoms with Gasteiger partial charge in [-0.25, -0.2) is 0 Å². The molecule has 0 aliphatic heterocycles. The summed E-state index contributed by atoms with van der Waals surface area (Å²) in [5.41, 5.74) is 0. The molecular weight excluding hydrogens is 104 g/mol. The van der Waals surface area contributed by atoms with Gasteiger partial charge in [0.25, 0.3) is 0 Å². The van der Waals surface area contributed by atoms with E-state index in [2.05, 4.69) is 0 Å². The third-order valence-electron chi connectivity index (χ3n) is 0.817. The van der Waals surface area contributed by atoms with Gasteiger partial charge in [0.05, 0.1) is 6.61 Å². The van der Waals surface area contributed by atoms with Crippen molar-refractivity contribution >= 4 is 6.29 Å². The summed E-state index contributed by atoms with van der Waals surface area (Å²) in [5, 5.41) is 0. The summed E-state index contributed by atoms with van der Waals surface area (Å²) in [7, 11) is 0. The first-order valence-electron chi connectivity index (χ1n) is 2.84. The van der Waals surface area contributed by atoms with Crippen LogP contribution in [0.2, 0.25) is 0 Å². The van der Waals surface area contributed by atoms with Gasteiger partial charge in [0.2, 0.25) is 0 Å². The summed E-state index contributed by atoms with van der Waals surface area (Å²) in [6.07, 6.45) is 0.898. The van der Waals surface area contributed by atoms with E-state index < -0.39 is 0 Å². The van der Waals surface area contributed by atoms with Gasteiger partial charge < -0.3 is 9.53 Å². The molecule has 0 amide bonds. The molecule has 0 heterocycles. The standard InChI is InChI=1S/C6H12O2/c1-3-8-5-6(2)4-7/h4,6H,3,5H2,1-2H3/t6-/m1/s1. The highest BCUT2D eigenvalue weighted by molar-refractivity contribution is 5.52. The zero-order valence-electron chi connectivity index (χ0n) is 5.39. The van der Waals surface area contributed by atoms with Gasteiger partial charge in [-0.15, -0.1) is 0 Å². The molecule has 48 valence electrons. The Bertz CT molecular complexity index is 61.5. The number of carbonyl (C=O) groups is 1. The Morgan fingerprint density at radius 2 is 2.38 bits per heavy atom. The number of ether oxygens (including phenoxy) is 1. The molecular formula is C6H12O2. The minimum atomic E-state index is 0.0509. The topological polar surface area (TPSA) is 26.3 Å². The zero-order valence-corrected chi connectivity index (χ0v) is 5.39. The quantitative estimate of drug-likeness (QED) is 0.509. The molecule has 0 fully saturated rings. The predicted molar refractivity (Wildman–Crippen MR) is 31.7 cm³/mol. The van der Waals surface area contributed by atoms with E-state index in [1.807, 2.05) is 13.8 Å². The van der Waals surface area contributed by atoms with Crippen LogP contribution in [-0.4, -0.2) is 19.5 Å². The average Bonchev–Trinajstić information content (AvgIpc) is 1.83. The van der Waals surface area contributed by atoms with E-state index >= 15 is 0 Å². The molecule has 2 nitrogen and oxygen atoms in total.